The molecule has 2 rings (SSSR count). The lowest BCUT2D eigenvalue weighted by atomic mass is 10.2. The highest BCUT2D eigenvalue weighted by molar-refractivity contribution is 5.77. The van der Waals surface area contributed by atoms with E-state index in [9.17, 15) is 4.79 Å². The predicted octanol–water partition coefficient (Wildman–Crippen LogP) is 3.23. The molecule has 0 saturated heterocycles. The van der Waals surface area contributed by atoms with Crippen molar-refractivity contribution in [3.63, 3.8) is 0 Å². The summed E-state index contributed by atoms with van der Waals surface area (Å²) in [6, 6.07) is 13.4. The van der Waals surface area contributed by atoms with Crippen LogP contribution in [0, 0.1) is 13.8 Å². The first-order valence-corrected chi connectivity index (χ1v) is 8.21. The van der Waals surface area contributed by atoms with Crippen molar-refractivity contribution in [2.24, 2.45) is 0 Å². The summed E-state index contributed by atoms with van der Waals surface area (Å²) in [5.74, 6) is 1.91. The van der Waals surface area contributed by atoms with E-state index in [-0.39, 0.29) is 12.5 Å². The number of carbonyl (C=O) groups excluding carboxylic acids is 1. The average Bonchev–Trinajstić information content (AvgIpc) is 2.61. The number of amides is 1. The Balaban J connectivity index is 1.79. The van der Waals surface area contributed by atoms with Crippen LogP contribution < -0.4 is 14.2 Å². The summed E-state index contributed by atoms with van der Waals surface area (Å²) in [6.45, 7) is 4.84. The van der Waals surface area contributed by atoms with E-state index in [2.05, 4.69) is 0 Å². The molecule has 0 saturated carbocycles. The minimum absolute atomic E-state index is 0.0414. The molecule has 0 heterocycles. The van der Waals surface area contributed by atoms with Crippen LogP contribution in [-0.2, 0) is 4.79 Å². The number of hydrogen-bond acceptors (Lipinski definition) is 4. The second kappa shape index (κ2) is 8.97. The van der Waals surface area contributed by atoms with Gasteiger partial charge < -0.3 is 19.1 Å². The number of nitrogens with zero attached hydrogens (tertiary/aromatic N) is 1. The van der Waals surface area contributed by atoms with Crippen LogP contribution in [0.5, 0.6) is 17.2 Å². The van der Waals surface area contributed by atoms with Crippen LogP contribution in [0.25, 0.3) is 0 Å². The summed E-state index contributed by atoms with van der Waals surface area (Å²) in [5.41, 5.74) is 2.15. The monoisotopic (exact) mass is 343 g/mol. The molecular weight excluding hydrogens is 318 g/mol. The Morgan fingerprint density at radius 2 is 1.76 bits per heavy atom. The van der Waals surface area contributed by atoms with Crippen LogP contribution in [0.4, 0.5) is 0 Å². The van der Waals surface area contributed by atoms with E-state index >= 15 is 0 Å². The SMILES string of the molecule is COc1cc(C)ccc1OCC(=O)N(C)CCOc1ccccc1C. The van der Waals surface area contributed by atoms with Gasteiger partial charge in [-0.05, 0) is 43.2 Å². The van der Waals surface area contributed by atoms with E-state index in [1.165, 1.54) is 0 Å². The van der Waals surface area contributed by atoms with Crippen molar-refractivity contribution >= 4 is 5.91 Å². The second-order valence-electron chi connectivity index (χ2n) is 5.87. The number of hydrogen-bond donors (Lipinski definition) is 0. The van der Waals surface area contributed by atoms with Gasteiger partial charge in [0.2, 0.25) is 0 Å². The Bertz CT molecular complexity index is 715. The lowest BCUT2D eigenvalue weighted by Crippen LogP contribution is -2.34. The molecule has 25 heavy (non-hydrogen) atoms. The molecule has 2 aromatic rings. The number of aryl methyl sites for hydroxylation is 2. The van der Waals surface area contributed by atoms with Crippen LogP contribution in [0.1, 0.15) is 11.1 Å². The largest absolute Gasteiger partial charge is 0.493 e. The first kappa shape index (κ1) is 18.6. The third-order valence-corrected chi connectivity index (χ3v) is 3.87. The summed E-state index contributed by atoms with van der Waals surface area (Å²) >= 11 is 0. The lowest BCUT2D eigenvalue weighted by Gasteiger charge is -2.19. The molecule has 0 aliphatic heterocycles. The Hall–Kier alpha value is -2.69. The van der Waals surface area contributed by atoms with Crippen molar-refractivity contribution in [2.45, 2.75) is 13.8 Å². The average molecular weight is 343 g/mol. The van der Waals surface area contributed by atoms with Crippen LogP contribution in [0.3, 0.4) is 0 Å². The van der Waals surface area contributed by atoms with E-state index in [0.29, 0.717) is 24.7 Å². The number of benzene rings is 2. The van der Waals surface area contributed by atoms with Gasteiger partial charge in [0, 0.05) is 7.05 Å². The first-order chi connectivity index (χ1) is 12.0. The van der Waals surface area contributed by atoms with Gasteiger partial charge in [0.1, 0.15) is 12.4 Å². The maximum atomic E-state index is 12.2. The lowest BCUT2D eigenvalue weighted by molar-refractivity contribution is -0.132. The van der Waals surface area contributed by atoms with Crippen LogP contribution >= 0.6 is 0 Å². The third kappa shape index (κ3) is 5.41. The van der Waals surface area contributed by atoms with Crippen molar-refractivity contribution in [1.82, 2.24) is 4.90 Å². The number of ether oxygens (including phenoxy) is 3. The highest BCUT2D eigenvalue weighted by Crippen LogP contribution is 2.27. The Labute approximate surface area is 149 Å². The second-order valence-corrected chi connectivity index (χ2v) is 5.87. The molecule has 0 radical (unpaired) electrons. The van der Waals surface area contributed by atoms with E-state index in [4.69, 9.17) is 14.2 Å². The molecule has 2 aromatic carbocycles. The van der Waals surface area contributed by atoms with Crippen molar-refractivity contribution in [3.05, 3.63) is 53.6 Å². The Morgan fingerprint density at radius 3 is 2.48 bits per heavy atom. The Kier molecular flexibility index (Phi) is 6.69. The molecule has 0 unspecified atom stereocenters. The van der Waals surface area contributed by atoms with E-state index < -0.39 is 0 Å². The van der Waals surface area contributed by atoms with Gasteiger partial charge in [-0.15, -0.1) is 0 Å². The third-order valence-electron chi connectivity index (χ3n) is 3.87. The fourth-order valence-corrected chi connectivity index (χ4v) is 2.28. The molecular formula is C20H25NO4. The van der Waals surface area contributed by atoms with Crippen LogP contribution in [-0.4, -0.2) is 44.7 Å². The minimum atomic E-state index is -0.115. The molecule has 0 aliphatic carbocycles. The summed E-state index contributed by atoms with van der Waals surface area (Å²) in [4.78, 5) is 13.8. The van der Waals surface area contributed by atoms with Gasteiger partial charge in [0.15, 0.2) is 18.1 Å². The number of carbonyl (C=O) groups is 1. The molecule has 134 valence electrons. The summed E-state index contributed by atoms with van der Waals surface area (Å²) in [7, 11) is 3.32. The number of likely N-dealkylation sites (N-methyl/N-ethyl adjacent to an activating group) is 1. The number of methoxy groups -OCH3 is 1. The fourth-order valence-electron chi connectivity index (χ4n) is 2.28. The van der Waals surface area contributed by atoms with Crippen LogP contribution in [0.15, 0.2) is 42.5 Å². The molecule has 1 amide bonds. The van der Waals surface area contributed by atoms with Gasteiger partial charge >= 0.3 is 0 Å². The minimum Gasteiger partial charge on any atom is -0.493 e. The standard InChI is InChI=1S/C20H25NO4/c1-15-9-10-18(19(13-15)23-4)25-14-20(22)21(3)11-12-24-17-8-6-5-7-16(17)2/h5-10,13H,11-12,14H2,1-4H3. The molecule has 0 N–H and O–H groups in total. The van der Waals surface area contributed by atoms with Crippen molar-refractivity contribution in [2.75, 3.05) is 33.9 Å². The van der Waals surface area contributed by atoms with E-state index in [0.717, 1.165) is 16.9 Å². The Morgan fingerprint density at radius 1 is 1.00 bits per heavy atom. The van der Waals surface area contributed by atoms with Gasteiger partial charge in [-0.3, -0.25) is 4.79 Å². The van der Waals surface area contributed by atoms with Crippen molar-refractivity contribution in [3.8, 4) is 17.2 Å². The van der Waals surface area contributed by atoms with Gasteiger partial charge in [0.25, 0.3) is 5.91 Å². The van der Waals surface area contributed by atoms with E-state index in [1.807, 2.05) is 56.3 Å². The normalized spacial score (nSPS) is 10.2. The van der Waals surface area contributed by atoms with Gasteiger partial charge in [-0.2, -0.15) is 0 Å². The predicted molar refractivity (Wildman–Crippen MR) is 97.5 cm³/mol. The molecule has 0 spiro atoms. The topological polar surface area (TPSA) is 48.0 Å². The quantitative estimate of drug-likeness (QED) is 0.738. The maximum absolute atomic E-state index is 12.2. The molecule has 0 aliphatic rings. The fraction of sp³-hybridized carbons (Fsp3) is 0.350. The maximum Gasteiger partial charge on any atom is 0.260 e. The van der Waals surface area contributed by atoms with Gasteiger partial charge in [0.05, 0.1) is 13.7 Å². The summed E-state index contributed by atoms with van der Waals surface area (Å²) in [6.07, 6.45) is 0. The highest BCUT2D eigenvalue weighted by Gasteiger charge is 2.12. The summed E-state index contributed by atoms with van der Waals surface area (Å²) in [5, 5.41) is 0. The number of para-hydroxylation sites is 1. The molecule has 5 heteroatoms. The summed E-state index contributed by atoms with van der Waals surface area (Å²) < 4.78 is 16.6. The smallest absolute Gasteiger partial charge is 0.260 e. The molecule has 0 atom stereocenters. The first-order valence-electron chi connectivity index (χ1n) is 8.21. The zero-order valence-electron chi connectivity index (χ0n) is 15.2. The zero-order chi connectivity index (χ0) is 18.2. The molecule has 5 nitrogen and oxygen atoms in total. The van der Waals surface area contributed by atoms with Crippen molar-refractivity contribution < 1.29 is 19.0 Å². The molecule has 0 aromatic heterocycles. The van der Waals surface area contributed by atoms with Gasteiger partial charge in [-0.25, -0.2) is 0 Å². The van der Waals surface area contributed by atoms with Crippen LogP contribution in [0.2, 0.25) is 0 Å². The number of rotatable bonds is 8. The molecule has 0 fully saturated rings. The van der Waals surface area contributed by atoms with Crippen molar-refractivity contribution in [1.29, 1.82) is 0 Å². The molecule has 0 bridgehead atoms. The zero-order valence-corrected chi connectivity index (χ0v) is 15.2. The highest BCUT2D eigenvalue weighted by atomic mass is 16.5. The van der Waals surface area contributed by atoms with Gasteiger partial charge in [-0.1, -0.05) is 24.3 Å². The van der Waals surface area contributed by atoms with E-state index in [1.54, 1.807) is 19.1 Å².